The Hall–Kier alpha value is -4.26. The molecular formula is C21H20N6O6S. The van der Waals surface area contributed by atoms with Crippen LogP contribution < -0.4 is 16.4 Å². The fraction of sp³-hybridized carbons (Fsp3) is 0.238. The number of nitrogens with zero attached hydrogens (tertiary/aromatic N) is 3. The van der Waals surface area contributed by atoms with Crippen molar-refractivity contribution >= 4 is 51.6 Å². The molecule has 3 amide bonds. The van der Waals surface area contributed by atoms with Crippen molar-refractivity contribution in [1.82, 2.24) is 15.2 Å². The summed E-state index contributed by atoms with van der Waals surface area (Å²) in [5, 5.41) is 20.4. The lowest BCUT2D eigenvalue weighted by Crippen LogP contribution is -2.72. The molecule has 4 rings (SSSR count). The molecule has 5 N–H and O–H groups in total. The molecule has 0 radical (unpaired) electrons. The predicted octanol–water partition coefficient (Wildman–Crippen LogP) is 0.543. The van der Waals surface area contributed by atoms with Gasteiger partial charge in [0.15, 0.2) is 10.8 Å². The number of carboxylic acids is 1. The Labute approximate surface area is 197 Å². The van der Waals surface area contributed by atoms with Gasteiger partial charge in [-0.15, -0.1) is 11.3 Å². The van der Waals surface area contributed by atoms with Crippen molar-refractivity contribution in [1.29, 1.82) is 0 Å². The van der Waals surface area contributed by atoms with Crippen LogP contribution in [-0.2, 0) is 24.0 Å². The zero-order valence-corrected chi connectivity index (χ0v) is 18.7. The Morgan fingerprint density at radius 1 is 1.29 bits per heavy atom. The van der Waals surface area contributed by atoms with Crippen LogP contribution in [0.1, 0.15) is 18.5 Å². The van der Waals surface area contributed by atoms with E-state index in [1.165, 1.54) is 12.5 Å². The van der Waals surface area contributed by atoms with E-state index in [0.717, 1.165) is 16.2 Å². The third-order valence-corrected chi connectivity index (χ3v) is 6.07. The third-order valence-electron chi connectivity index (χ3n) is 5.39. The topological polar surface area (TPSA) is 176 Å². The number of amides is 3. The van der Waals surface area contributed by atoms with E-state index in [0.29, 0.717) is 5.69 Å². The molecule has 2 aliphatic rings. The van der Waals surface area contributed by atoms with Crippen LogP contribution >= 0.6 is 11.3 Å². The lowest BCUT2D eigenvalue weighted by Gasteiger charge is -2.49. The molecule has 2 aliphatic heterocycles. The first kappa shape index (κ1) is 22.9. The SMILES string of the molecule is CON=C(C(=O)N[C@@H]1C(=O)N2C(C(=O)O)=C(C(=O)Nc3ccccc3)CC[C@@H]12)c1csc(N)n1. The van der Waals surface area contributed by atoms with Crippen LogP contribution in [0.4, 0.5) is 10.8 Å². The van der Waals surface area contributed by atoms with E-state index < -0.39 is 41.5 Å². The van der Waals surface area contributed by atoms with Gasteiger partial charge in [0.1, 0.15) is 24.5 Å². The van der Waals surface area contributed by atoms with Crippen molar-refractivity contribution in [3.05, 3.63) is 52.7 Å². The largest absolute Gasteiger partial charge is 0.477 e. The van der Waals surface area contributed by atoms with Gasteiger partial charge in [0.05, 0.1) is 6.04 Å². The Morgan fingerprint density at radius 3 is 2.65 bits per heavy atom. The van der Waals surface area contributed by atoms with E-state index >= 15 is 0 Å². The minimum absolute atomic E-state index is 0.00897. The molecule has 3 heterocycles. The maximum atomic E-state index is 12.9. The number of oxime groups is 1. The first-order valence-corrected chi connectivity index (χ1v) is 11.0. The summed E-state index contributed by atoms with van der Waals surface area (Å²) in [7, 11) is 1.26. The first-order chi connectivity index (χ1) is 16.3. The summed E-state index contributed by atoms with van der Waals surface area (Å²) < 4.78 is 0. The number of nitrogen functional groups attached to an aromatic ring is 1. The molecule has 2 aromatic rings. The van der Waals surface area contributed by atoms with Gasteiger partial charge in [0.25, 0.3) is 17.7 Å². The van der Waals surface area contributed by atoms with Gasteiger partial charge in [-0.2, -0.15) is 0 Å². The highest BCUT2D eigenvalue weighted by atomic mass is 32.1. The zero-order chi connectivity index (χ0) is 24.4. The molecular weight excluding hydrogens is 464 g/mol. The van der Waals surface area contributed by atoms with Gasteiger partial charge in [-0.1, -0.05) is 23.4 Å². The van der Waals surface area contributed by atoms with Crippen LogP contribution in [0.15, 0.2) is 52.1 Å². The molecule has 1 aromatic carbocycles. The van der Waals surface area contributed by atoms with E-state index in [2.05, 4.69) is 20.8 Å². The van der Waals surface area contributed by atoms with Crippen molar-refractivity contribution in [3.63, 3.8) is 0 Å². The Bertz CT molecular complexity index is 1220. The molecule has 0 unspecified atom stereocenters. The van der Waals surface area contributed by atoms with Crippen molar-refractivity contribution in [2.45, 2.75) is 24.9 Å². The van der Waals surface area contributed by atoms with Gasteiger partial charge in [-0.25, -0.2) is 9.78 Å². The van der Waals surface area contributed by atoms with Gasteiger partial charge in [0.2, 0.25) is 0 Å². The third kappa shape index (κ3) is 4.20. The first-order valence-electron chi connectivity index (χ1n) is 10.1. The number of rotatable bonds is 7. The van der Waals surface area contributed by atoms with Gasteiger partial charge < -0.3 is 26.3 Å². The van der Waals surface area contributed by atoms with Crippen LogP contribution in [0.2, 0.25) is 0 Å². The van der Waals surface area contributed by atoms with Gasteiger partial charge in [-0.3, -0.25) is 19.3 Å². The van der Waals surface area contributed by atoms with E-state index in [4.69, 9.17) is 10.6 Å². The molecule has 0 saturated carbocycles. The summed E-state index contributed by atoms with van der Waals surface area (Å²) in [6, 6.07) is 6.96. The number of β-lactam (4-membered cyclic amide) rings is 1. The normalized spacial score (nSPS) is 19.7. The molecule has 1 aromatic heterocycles. The Morgan fingerprint density at radius 2 is 2.03 bits per heavy atom. The maximum absolute atomic E-state index is 12.9. The van der Waals surface area contributed by atoms with Crippen molar-refractivity contribution in [2.24, 2.45) is 5.16 Å². The fourth-order valence-corrected chi connectivity index (χ4v) is 4.46. The van der Waals surface area contributed by atoms with E-state index in [-0.39, 0.29) is 35.0 Å². The molecule has 0 spiro atoms. The maximum Gasteiger partial charge on any atom is 0.353 e. The monoisotopic (exact) mass is 484 g/mol. The van der Waals surface area contributed by atoms with Crippen molar-refractivity contribution < 1.29 is 29.1 Å². The molecule has 0 aliphatic carbocycles. The van der Waals surface area contributed by atoms with Crippen LogP contribution in [-0.4, -0.2) is 63.6 Å². The summed E-state index contributed by atoms with van der Waals surface area (Å²) in [5.41, 5.74) is 5.73. The van der Waals surface area contributed by atoms with E-state index in [9.17, 15) is 24.3 Å². The smallest absolute Gasteiger partial charge is 0.353 e. The standard InChI is InChI=1S/C21H20N6O6S/c1-33-26-14(12-9-34-21(22)24-12)18(29)25-15-13-8-7-11(16(20(31)32)27(13)19(15)30)17(28)23-10-5-3-2-4-6-10/h2-6,9,13,15H,7-8H2,1H3,(H2,22,24)(H,23,28)(H,25,29)(H,31,32)/t13-,15-/m0/s1. The summed E-state index contributed by atoms with van der Waals surface area (Å²) in [6.07, 6.45) is 0.397. The fourth-order valence-electron chi connectivity index (χ4n) is 3.91. The van der Waals surface area contributed by atoms with Crippen molar-refractivity contribution in [3.8, 4) is 0 Å². The molecule has 2 atom stereocenters. The highest BCUT2D eigenvalue weighted by Gasteiger charge is 2.54. The number of benzene rings is 1. The van der Waals surface area contributed by atoms with Crippen LogP contribution in [0, 0.1) is 0 Å². The minimum atomic E-state index is -1.40. The molecule has 0 bridgehead atoms. The average Bonchev–Trinajstić information content (AvgIpc) is 3.25. The lowest BCUT2D eigenvalue weighted by molar-refractivity contribution is -0.155. The zero-order valence-electron chi connectivity index (χ0n) is 17.8. The summed E-state index contributed by atoms with van der Waals surface area (Å²) in [5.74, 6) is -3.37. The van der Waals surface area contributed by atoms with E-state index in [1.807, 2.05) is 0 Å². The van der Waals surface area contributed by atoms with Crippen LogP contribution in [0.5, 0.6) is 0 Å². The Balaban J connectivity index is 1.53. The van der Waals surface area contributed by atoms with Gasteiger partial charge in [-0.05, 0) is 25.0 Å². The molecule has 1 saturated heterocycles. The number of carbonyl (C=O) groups is 4. The second-order valence-electron chi connectivity index (χ2n) is 7.41. The minimum Gasteiger partial charge on any atom is -0.477 e. The number of hydrogen-bond donors (Lipinski definition) is 4. The summed E-state index contributed by atoms with van der Waals surface area (Å²) >= 11 is 1.11. The second kappa shape index (κ2) is 9.31. The molecule has 1 fully saturated rings. The number of aliphatic carboxylic acids is 1. The predicted molar refractivity (Wildman–Crippen MR) is 122 cm³/mol. The molecule has 176 valence electrons. The highest BCUT2D eigenvalue weighted by molar-refractivity contribution is 7.13. The van der Waals surface area contributed by atoms with Crippen LogP contribution in [0.3, 0.4) is 0 Å². The highest BCUT2D eigenvalue weighted by Crippen LogP contribution is 2.37. The molecule has 12 nitrogen and oxygen atoms in total. The number of carbonyl (C=O) groups excluding carboxylic acids is 3. The van der Waals surface area contributed by atoms with Crippen molar-refractivity contribution in [2.75, 3.05) is 18.2 Å². The number of fused-ring (bicyclic) bond motifs is 1. The molecule has 34 heavy (non-hydrogen) atoms. The number of anilines is 2. The molecule has 13 heteroatoms. The van der Waals surface area contributed by atoms with Gasteiger partial charge in [0, 0.05) is 16.6 Å². The van der Waals surface area contributed by atoms with E-state index in [1.54, 1.807) is 30.3 Å². The number of nitrogens with one attached hydrogen (secondary N) is 2. The lowest BCUT2D eigenvalue weighted by atomic mass is 9.83. The number of para-hydroxylation sites is 1. The number of hydrogen-bond acceptors (Lipinski definition) is 9. The quantitative estimate of drug-likeness (QED) is 0.250. The number of aromatic nitrogens is 1. The number of nitrogens with two attached hydrogens (primary N) is 1. The average molecular weight is 484 g/mol. The number of thiazole rings is 1. The summed E-state index contributed by atoms with van der Waals surface area (Å²) in [4.78, 5) is 60.2. The second-order valence-corrected chi connectivity index (χ2v) is 8.30. The van der Waals surface area contributed by atoms with Gasteiger partial charge >= 0.3 is 5.97 Å². The van der Waals surface area contributed by atoms with Crippen LogP contribution in [0.25, 0.3) is 0 Å². The summed E-state index contributed by atoms with van der Waals surface area (Å²) in [6.45, 7) is 0. The Kier molecular flexibility index (Phi) is 6.27. The number of carboxylic acid groups (broad SMARTS) is 1.